The number of hydrogen-bond donors (Lipinski definition) is 1. The Labute approximate surface area is 115 Å². The number of nitrogens with zero attached hydrogens (tertiary/aromatic N) is 4. The van der Waals surface area contributed by atoms with E-state index in [4.69, 9.17) is 0 Å². The first-order valence-electron chi connectivity index (χ1n) is 6.17. The molecule has 1 N–H and O–H groups in total. The van der Waals surface area contributed by atoms with E-state index in [1.54, 1.807) is 17.8 Å². The van der Waals surface area contributed by atoms with E-state index in [-0.39, 0.29) is 11.6 Å². The lowest BCUT2D eigenvalue weighted by Gasteiger charge is -2.05. The molecule has 0 aliphatic heterocycles. The van der Waals surface area contributed by atoms with E-state index >= 15 is 0 Å². The number of aromatic nitrogens is 4. The van der Waals surface area contributed by atoms with Gasteiger partial charge in [-0.1, -0.05) is 12.1 Å². The van der Waals surface area contributed by atoms with Crippen molar-refractivity contribution in [2.24, 2.45) is 7.05 Å². The van der Waals surface area contributed by atoms with Gasteiger partial charge >= 0.3 is 0 Å². The van der Waals surface area contributed by atoms with E-state index in [1.807, 2.05) is 31.2 Å². The Balaban J connectivity index is 1.90. The highest BCUT2D eigenvalue weighted by molar-refractivity contribution is 6.03. The predicted octanol–water partition coefficient (Wildman–Crippen LogP) is 1.92. The van der Waals surface area contributed by atoms with Crippen molar-refractivity contribution in [2.45, 2.75) is 6.92 Å². The van der Waals surface area contributed by atoms with Crippen LogP contribution in [0.3, 0.4) is 0 Å². The van der Waals surface area contributed by atoms with E-state index in [9.17, 15) is 4.79 Å². The van der Waals surface area contributed by atoms with Crippen LogP contribution in [0.1, 0.15) is 16.2 Å². The minimum Gasteiger partial charge on any atom is -0.305 e. The van der Waals surface area contributed by atoms with Crippen LogP contribution in [0.4, 0.5) is 5.82 Å². The second kappa shape index (κ2) is 4.73. The fourth-order valence-corrected chi connectivity index (χ4v) is 1.97. The molecule has 0 saturated heterocycles. The molecule has 100 valence electrons. The Kier molecular flexibility index (Phi) is 2.90. The number of rotatable bonds is 2. The van der Waals surface area contributed by atoms with Crippen LogP contribution in [-0.4, -0.2) is 25.7 Å². The topological polar surface area (TPSA) is 72.7 Å². The molecule has 1 amide bonds. The smallest absolute Gasteiger partial charge is 0.277 e. The lowest BCUT2D eigenvalue weighted by molar-refractivity contribution is 0.102. The van der Waals surface area contributed by atoms with Crippen LogP contribution >= 0.6 is 0 Å². The first kappa shape index (κ1) is 12.3. The molecule has 0 aliphatic rings. The maximum absolute atomic E-state index is 12.2. The molecule has 6 nitrogen and oxygen atoms in total. The molecular formula is C14H13N5O. The Morgan fingerprint density at radius 1 is 1.25 bits per heavy atom. The van der Waals surface area contributed by atoms with Crippen molar-refractivity contribution in [3.05, 3.63) is 47.9 Å². The van der Waals surface area contributed by atoms with E-state index < -0.39 is 0 Å². The molecule has 0 unspecified atom stereocenters. The molecule has 0 bridgehead atoms. The van der Waals surface area contributed by atoms with Crippen molar-refractivity contribution in [1.29, 1.82) is 0 Å². The van der Waals surface area contributed by atoms with Gasteiger partial charge in [-0.05, 0) is 19.1 Å². The number of para-hydroxylation sites is 2. The Hall–Kier alpha value is -2.76. The lowest BCUT2D eigenvalue weighted by Crippen LogP contribution is -2.16. The van der Waals surface area contributed by atoms with E-state index in [0.29, 0.717) is 11.3 Å². The summed E-state index contributed by atoms with van der Waals surface area (Å²) in [5, 5.41) is 6.94. The summed E-state index contributed by atoms with van der Waals surface area (Å²) in [5.41, 5.74) is 2.58. The van der Waals surface area contributed by atoms with E-state index in [0.717, 1.165) is 11.2 Å². The summed E-state index contributed by atoms with van der Waals surface area (Å²) in [6, 6.07) is 9.23. The van der Waals surface area contributed by atoms with Gasteiger partial charge in [-0.2, -0.15) is 5.10 Å². The molecule has 0 saturated carbocycles. The maximum atomic E-state index is 12.2. The number of hydrogen-bond acceptors (Lipinski definition) is 4. The van der Waals surface area contributed by atoms with Crippen LogP contribution in [0.2, 0.25) is 0 Å². The summed E-state index contributed by atoms with van der Waals surface area (Å²) >= 11 is 0. The lowest BCUT2D eigenvalue weighted by atomic mass is 10.3. The molecular weight excluding hydrogens is 254 g/mol. The molecule has 0 aliphatic carbocycles. The van der Waals surface area contributed by atoms with Gasteiger partial charge in [0.2, 0.25) is 0 Å². The average molecular weight is 267 g/mol. The molecule has 6 heteroatoms. The highest BCUT2D eigenvalue weighted by Crippen LogP contribution is 2.12. The zero-order chi connectivity index (χ0) is 14.1. The molecule has 2 heterocycles. The first-order valence-corrected chi connectivity index (χ1v) is 6.17. The highest BCUT2D eigenvalue weighted by atomic mass is 16.2. The monoisotopic (exact) mass is 267 g/mol. The largest absolute Gasteiger partial charge is 0.305 e. The molecule has 3 rings (SSSR count). The maximum Gasteiger partial charge on any atom is 0.277 e. The number of aryl methyl sites for hydroxylation is 2. The standard InChI is InChI=1S/C14H13N5O/c1-9-7-13(19(2)18-9)17-14(20)12-8-15-10-5-3-4-6-11(10)16-12/h3-8H,1-2H3,(H,17,20). The van der Waals surface area contributed by atoms with Crippen LogP contribution < -0.4 is 5.32 Å². The average Bonchev–Trinajstić information content (AvgIpc) is 2.76. The van der Waals surface area contributed by atoms with Crippen LogP contribution in [-0.2, 0) is 7.05 Å². The third-order valence-electron chi connectivity index (χ3n) is 2.92. The summed E-state index contributed by atoms with van der Waals surface area (Å²) in [5.74, 6) is 0.328. The molecule has 0 radical (unpaired) electrons. The highest BCUT2D eigenvalue weighted by Gasteiger charge is 2.11. The molecule has 1 aromatic carbocycles. The van der Waals surface area contributed by atoms with Gasteiger partial charge in [-0.3, -0.25) is 14.5 Å². The van der Waals surface area contributed by atoms with Crippen LogP contribution in [0, 0.1) is 6.92 Å². The summed E-state index contributed by atoms with van der Waals surface area (Å²) in [6.45, 7) is 1.87. The molecule has 2 aromatic heterocycles. The minimum atomic E-state index is -0.300. The number of amides is 1. The van der Waals surface area contributed by atoms with Crippen molar-refractivity contribution in [2.75, 3.05) is 5.32 Å². The molecule has 0 atom stereocenters. The van der Waals surface area contributed by atoms with Gasteiger partial charge in [0.15, 0.2) is 0 Å². The van der Waals surface area contributed by atoms with Crippen molar-refractivity contribution < 1.29 is 4.79 Å². The third kappa shape index (κ3) is 2.23. The first-order chi connectivity index (χ1) is 9.63. The normalized spacial score (nSPS) is 10.7. The summed E-state index contributed by atoms with van der Waals surface area (Å²) in [7, 11) is 1.77. The van der Waals surface area contributed by atoms with Gasteiger partial charge < -0.3 is 5.32 Å². The fraction of sp³-hybridized carbons (Fsp3) is 0.143. The third-order valence-corrected chi connectivity index (χ3v) is 2.92. The number of nitrogens with one attached hydrogen (secondary N) is 1. The number of carbonyl (C=O) groups is 1. The summed E-state index contributed by atoms with van der Waals surface area (Å²) in [4.78, 5) is 20.7. The van der Waals surface area contributed by atoms with Crippen molar-refractivity contribution in [3.63, 3.8) is 0 Å². The van der Waals surface area contributed by atoms with Crippen LogP contribution in [0.5, 0.6) is 0 Å². The molecule has 20 heavy (non-hydrogen) atoms. The zero-order valence-corrected chi connectivity index (χ0v) is 11.2. The van der Waals surface area contributed by atoms with Gasteiger partial charge in [0.05, 0.1) is 22.9 Å². The SMILES string of the molecule is Cc1cc(NC(=O)c2cnc3ccccc3n2)n(C)n1. The number of carbonyl (C=O) groups excluding carboxylic acids is 1. The van der Waals surface area contributed by atoms with Gasteiger partial charge in [-0.15, -0.1) is 0 Å². The van der Waals surface area contributed by atoms with Gasteiger partial charge in [-0.25, -0.2) is 4.98 Å². The van der Waals surface area contributed by atoms with Crippen LogP contribution in [0.25, 0.3) is 11.0 Å². The Bertz CT molecular complexity index is 793. The molecule has 0 spiro atoms. The van der Waals surface area contributed by atoms with Gasteiger partial charge in [0, 0.05) is 13.1 Å². The summed E-state index contributed by atoms with van der Waals surface area (Å²) < 4.78 is 1.61. The summed E-state index contributed by atoms with van der Waals surface area (Å²) in [6.07, 6.45) is 1.47. The van der Waals surface area contributed by atoms with Crippen molar-refractivity contribution in [1.82, 2.24) is 19.7 Å². The van der Waals surface area contributed by atoms with Gasteiger partial charge in [0.25, 0.3) is 5.91 Å². The fourth-order valence-electron chi connectivity index (χ4n) is 1.97. The van der Waals surface area contributed by atoms with E-state index in [2.05, 4.69) is 20.4 Å². The second-order valence-electron chi connectivity index (χ2n) is 4.49. The number of anilines is 1. The van der Waals surface area contributed by atoms with Crippen molar-refractivity contribution in [3.8, 4) is 0 Å². The quantitative estimate of drug-likeness (QED) is 0.770. The van der Waals surface area contributed by atoms with E-state index in [1.165, 1.54) is 6.20 Å². The van der Waals surface area contributed by atoms with Crippen molar-refractivity contribution >= 4 is 22.8 Å². The predicted molar refractivity (Wildman–Crippen MR) is 75.4 cm³/mol. The Morgan fingerprint density at radius 2 is 2.00 bits per heavy atom. The van der Waals surface area contributed by atoms with Gasteiger partial charge in [0.1, 0.15) is 11.5 Å². The number of fused-ring (bicyclic) bond motifs is 1. The molecule has 3 aromatic rings. The second-order valence-corrected chi connectivity index (χ2v) is 4.49. The Morgan fingerprint density at radius 3 is 2.70 bits per heavy atom. The number of benzene rings is 1. The van der Waals surface area contributed by atoms with Crippen LogP contribution in [0.15, 0.2) is 36.5 Å². The molecule has 0 fully saturated rings. The minimum absolute atomic E-state index is 0.280. The zero-order valence-electron chi connectivity index (χ0n) is 11.2.